The molecule has 0 fully saturated rings. The number of aromatic nitrogens is 1. The monoisotopic (exact) mass is 392 g/mol. The summed E-state index contributed by atoms with van der Waals surface area (Å²) >= 11 is 6.60. The van der Waals surface area contributed by atoms with Crippen LogP contribution in [0.1, 0.15) is 48.3 Å². The molecule has 1 atom stereocenters. The van der Waals surface area contributed by atoms with Crippen LogP contribution >= 0.6 is 11.6 Å². The summed E-state index contributed by atoms with van der Waals surface area (Å²) in [5.74, 6) is -1.11. The lowest BCUT2D eigenvalue weighted by Gasteiger charge is -2.36. The van der Waals surface area contributed by atoms with Crippen molar-refractivity contribution in [3.05, 3.63) is 46.5 Å². The Labute approximate surface area is 161 Å². The van der Waals surface area contributed by atoms with Crippen molar-refractivity contribution in [1.82, 2.24) is 9.47 Å². The van der Waals surface area contributed by atoms with E-state index >= 15 is 0 Å². The molecular formula is C19H22ClFN4O2. The quantitative estimate of drug-likeness (QED) is 0.812. The topological polar surface area (TPSA) is 94.3 Å². The fourth-order valence-corrected chi connectivity index (χ4v) is 4.17. The lowest BCUT2D eigenvalue weighted by molar-refractivity contribution is 0.0993. The van der Waals surface area contributed by atoms with E-state index in [2.05, 4.69) is 0 Å². The Bertz CT molecular complexity index is 896. The van der Waals surface area contributed by atoms with Crippen molar-refractivity contribution in [2.45, 2.75) is 38.8 Å². The highest BCUT2D eigenvalue weighted by Gasteiger charge is 2.37. The Morgan fingerprint density at radius 3 is 2.63 bits per heavy atom. The Morgan fingerprint density at radius 2 is 2.04 bits per heavy atom. The predicted octanol–water partition coefficient (Wildman–Crippen LogP) is 3.67. The molecule has 2 aromatic rings. The predicted molar refractivity (Wildman–Crippen MR) is 102 cm³/mol. The summed E-state index contributed by atoms with van der Waals surface area (Å²) in [7, 11) is 0. The highest BCUT2D eigenvalue weighted by Crippen LogP contribution is 2.43. The normalized spacial score (nSPS) is 16.3. The lowest BCUT2D eigenvalue weighted by atomic mass is 9.95. The van der Waals surface area contributed by atoms with Gasteiger partial charge in [0, 0.05) is 18.7 Å². The summed E-state index contributed by atoms with van der Waals surface area (Å²) in [6, 6.07) is 4.89. The second-order valence-corrected chi connectivity index (χ2v) is 7.00. The van der Waals surface area contributed by atoms with Gasteiger partial charge in [0.05, 0.1) is 17.3 Å². The van der Waals surface area contributed by atoms with Gasteiger partial charge in [-0.2, -0.15) is 0 Å². The summed E-state index contributed by atoms with van der Waals surface area (Å²) < 4.78 is 15.6. The fraction of sp³-hybridized carbons (Fsp3) is 0.368. The van der Waals surface area contributed by atoms with E-state index in [0.717, 1.165) is 12.8 Å². The third kappa shape index (κ3) is 3.39. The molecule has 4 N–H and O–H groups in total. The molecule has 6 nitrogen and oxygen atoms in total. The van der Waals surface area contributed by atoms with Crippen LogP contribution in [0.25, 0.3) is 11.1 Å². The van der Waals surface area contributed by atoms with Crippen molar-refractivity contribution in [2.75, 3.05) is 6.54 Å². The van der Waals surface area contributed by atoms with Crippen LogP contribution in [0.5, 0.6) is 0 Å². The number of nitrogens with two attached hydrogens (primary N) is 2. The molecule has 3 rings (SSSR count). The van der Waals surface area contributed by atoms with Crippen LogP contribution < -0.4 is 11.5 Å². The molecule has 0 aliphatic carbocycles. The van der Waals surface area contributed by atoms with E-state index in [1.165, 1.54) is 12.1 Å². The number of carbonyl (C=O) groups excluding carboxylic acids is 2. The van der Waals surface area contributed by atoms with Crippen LogP contribution in [0.3, 0.4) is 0 Å². The van der Waals surface area contributed by atoms with Gasteiger partial charge < -0.3 is 20.9 Å². The minimum Gasteiger partial charge on any atom is -0.366 e. The molecule has 3 amide bonds. The van der Waals surface area contributed by atoms with E-state index < -0.39 is 23.8 Å². The maximum atomic E-state index is 13.8. The molecule has 144 valence electrons. The van der Waals surface area contributed by atoms with Gasteiger partial charge in [-0.25, -0.2) is 9.18 Å². The number of benzene rings is 1. The molecule has 1 aromatic carbocycles. The average Bonchev–Trinajstić information content (AvgIpc) is 2.92. The van der Waals surface area contributed by atoms with Gasteiger partial charge in [0.25, 0.3) is 5.91 Å². The van der Waals surface area contributed by atoms with Crippen molar-refractivity contribution in [1.29, 1.82) is 0 Å². The molecule has 27 heavy (non-hydrogen) atoms. The highest BCUT2D eigenvalue weighted by atomic mass is 35.5. The van der Waals surface area contributed by atoms with Gasteiger partial charge in [0.15, 0.2) is 0 Å². The third-order valence-corrected chi connectivity index (χ3v) is 5.36. The van der Waals surface area contributed by atoms with Gasteiger partial charge in [0.1, 0.15) is 11.0 Å². The van der Waals surface area contributed by atoms with E-state index in [4.69, 9.17) is 23.1 Å². The first-order chi connectivity index (χ1) is 12.9. The standard InChI is InChI=1S/C19H22ClFN4O2/c1-2-3-7-13-16-15(18(22)26)14(11-5-4-6-12(21)10-11)17(20)25(16)9-8-24(13)19(23)27/h4-6,10,13H,2-3,7-9H2,1H3,(H2,22,26)(H2,23,27). The Hall–Kier alpha value is -2.54. The number of halogens is 2. The summed E-state index contributed by atoms with van der Waals surface area (Å²) in [5.41, 5.74) is 12.9. The molecule has 1 aliphatic rings. The van der Waals surface area contributed by atoms with Crippen molar-refractivity contribution >= 4 is 23.5 Å². The highest BCUT2D eigenvalue weighted by molar-refractivity contribution is 6.33. The molecule has 0 radical (unpaired) electrons. The maximum absolute atomic E-state index is 13.8. The third-order valence-electron chi connectivity index (χ3n) is 4.97. The number of nitrogens with zero attached hydrogens (tertiary/aromatic N) is 2. The van der Waals surface area contributed by atoms with Crippen molar-refractivity contribution in [3.8, 4) is 11.1 Å². The fourth-order valence-electron chi connectivity index (χ4n) is 3.79. The second kappa shape index (κ2) is 7.60. The summed E-state index contributed by atoms with van der Waals surface area (Å²) in [6.07, 6.45) is 2.38. The van der Waals surface area contributed by atoms with Crippen LogP contribution in [-0.4, -0.2) is 28.0 Å². The first-order valence-electron chi connectivity index (χ1n) is 8.90. The SMILES string of the molecule is CCCCC1c2c(C(N)=O)c(-c3cccc(F)c3)c(Cl)n2CCN1C(N)=O. The Morgan fingerprint density at radius 1 is 1.30 bits per heavy atom. The largest absolute Gasteiger partial charge is 0.366 e. The molecule has 0 spiro atoms. The zero-order valence-corrected chi connectivity index (χ0v) is 15.8. The molecule has 0 saturated heterocycles. The van der Waals surface area contributed by atoms with E-state index in [0.29, 0.717) is 41.5 Å². The maximum Gasteiger partial charge on any atom is 0.315 e. The number of hydrogen-bond donors (Lipinski definition) is 2. The van der Waals surface area contributed by atoms with Gasteiger partial charge in [-0.1, -0.05) is 43.5 Å². The molecule has 0 saturated carbocycles. The van der Waals surface area contributed by atoms with Crippen LogP contribution in [-0.2, 0) is 6.54 Å². The number of urea groups is 1. The van der Waals surface area contributed by atoms with Crippen molar-refractivity contribution < 1.29 is 14.0 Å². The summed E-state index contributed by atoms with van der Waals surface area (Å²) in [4.78, 5) is 25.9. The van der Waals surface area contributed by atoms with Gasteiger partial charge in [-0.15, -0.1) is 0 Å². The van der Waals surface area contributed by atoms with Gasteiger partial charge in [0.2, 0.25) is 0 Å². The molecule has 2 heterocycles. The molecule has 8 heteroatoms. The molecule has 0 bridgehead atoms. The van der Waals surface area contributed by atoms with Crippen LogP contribution in [0.15, 0.2) is 24.3 Å². The van der Waals surface area contributed by atoms with E-state index in [1.807, 2.05) is 6.92 Å². The number of rotatable bonds is 5. The van der Waals surface area contributed by atoms with Gasteiger partial charge in [-0.3, -0.25) is 4.79 Å². The van der Waals surface area contributed by atoms with E-state index in [9.17, 15) is 14.0 Å². The lowest BCUT2D eigenvalue weighted by Crippen LogP contribution is -2.45. The zero-order valence-electron chi connectivity index (χ0n) is 15.0. The molecule has 1 aliphatic heterocycles. The number of hydrogen-bond acceptors (Lipinski definition) is 2. The first kappa shape index (κ1) is 19.2. The van der Waals surface area contributed by atoms with Gasteiger partial charge in [-0.05, 0) is 24.1 Å². The van der Waals surface area contributed by atoms with Crippen molar-refractivity contribution in [2.24, 2.45) is 11.5 Å². The van der Waals surface area contributed by atoms with Crippen LogP contribution in [0.4, 0.5) is 9.18 Å². The van der Waals surface area contributed by atoms with E-state index in [-0.39, 0.29) is 5.56 Å². The van der Waals surface area contributed by atoms with Gasteiger partial charge >= 0.3 is 6.03 Å². The first-order valence-corrected chi connectivity index (χ1v) is 9.28. The molecule has 1 unspecified atom stereocenters. The average molecular weight is 393 g/mol. The number of carbonyl (C=O) groups is 2. The Balaban J connectivity index is 2.26. The molecular weight excluding hydrogens is 371 g/mol. The number of primary amides is 2. The second-order valence-electron chi connectivity index (χ2n) is 6.64. The summed E-state index contributed by atoms with van der Waals surface area (Å²) in [5, 5.41) is 0.315. The smallest absolute Gasteiger partial charge is 0.315 e. The van der Waals surface area contributed by atoms with E-state index in [1.54, 1.807) is 21.6 Å². The minimum absolute atomic E-state index is 0.220. The number of amides is 3. The van der Waals surface area contributed by atoms with Crippen LogP contribution in [0.2, 0.25) is 5.15 Å². The van der Waals surface area contributed by atoms with Crippen molar-refractivity contribution in [3.63, 3.8) is 0 Å². The Kier molecular flexibility index (Phi) is 5.41. The van der Waals surface area contributed by atoms with Crippen LogP contribution in [0, 0.1) is 5.82 Å². The number of fused-ring (bicyclic) bond motifs is 1. The summed E-state index contributed by atoms with van der Waals surface area (Å²) in [6.45, 7) is 2.80. The zero-order chi connectivity index (χ0) is 19.7. The number of unbranched alkanes of at least 4 members (excludes halogenated alkanes) is 1. The molecule has 1 aromatic heterocycles. The minimum atomic E-state index is -0.669.